The van der Waals surface area contributed by atoms with Crippen molar-refractivity contribution in [2.75, 3.05) is 19.4 Å². The number of hydrogen-bond donors (Lipinski definition) is 1. The van der Waals surface area contributed by atoms with Crippen LogP contribution >= 0.6 is 0 Å². The van der Waals surface area contributed by atoms with Crippen LogP contribution in [0.3, 0.4) is 0 Å². The van der Waals surface area contributed by atoms with Crippen LogP contribution in [0.2, 0.25) is 0 Å². The van der Waals surface area contributed by atoms with E-state index in [1.54, 1.807) is 47.4 Å². The Morgan fingerprint density at radius 1 is 1.20 bits per heavy atom. The van der Waals surface area contributed by atoms with Gasteiger partial charge in [-0.15, -0.1) is 0 Å². The standard InChI is InChI=1S/C19H20N2O4/c1-24-19(23)13-4-5-14(12-21-10-2-3-18(21)22)17(11-13)25-16-8-6-15(20)7-9-16/h4-9,11H,2-3,10,12,20H2,1H3. The Bertz CT molecular complexity index is 787. The molecule has 130 valence electrons. The van der Waals surface area contributed by atoms with E-state index in [2.05, 4.69) is 0 Å². The van der Waals surface area contributed by atoms with Crippen LogP contribution in [0.25, 0.3) is 0 Å². The summed E-state index contributed by atoms with van der Waals surface area (Å²) in [7, 11) is 1.33. The van der Waals surface area contributed by atoms with Gasteiger partial charge in [-0.05, 0) is 42.8 Å². The number of esters is 1. The van der Waals surface area contributed by atoms with Crippen molar-refractivity contribution in [3.8, 4) is 11.5 Å². The summed E-state index contributed by atoms with van der Waals surface area (Å²) in [5, 5.41) is 0. The fourth-order valence-electron chi connectivity index (χ4n) is 2.76. The predicted molar refractivity (Wildman–Crippen MR) is 93.4 cm³/mol. The molecule has 6 heteroatoms. The number of benzene rings is 2. The first-order valence-electron chi connectivity index (χ1n) is 8.09. The SMILES string of the molecule is COC(=O)c1ccc(CN2CCCC2=O)c(Oc2ccc(N)cc2)c1. The second kappa shape index (κ2) is 7.25. The van der Waals surface area contributed by atoms with Gasteiger partial charge in [0.2, 0.25) is 5.91 Å². The lowest BCUT2D eigenvalue weighted by molar-refractivity contribution is -0.128. The van der Waals surface area contributed by atoms with Gasteiger partial charge in [-0.2, -0.15) is 0 Å². The molecule has 1 aliphatic heterocycles. The largest absolute Gasteiger partial charge is 0.465 e. The van der Waals surface area contributed by atoms with Gasteiger partial charge >= 0.3 is 5.97 Å². The molecule has 0 radical (unpaired) electrons. The number of nitrogen functional groups attached to an aromatic ring is 1. The Balaban J connectivity index is 1.91. The fourth-order valence-corrected chi connectivity index (χ4v) is 2.76. The van der Waals surface area contributed by atoms with Crippen molar-refractivity contribution >= 4 is 17.6 Å². The highest BCUT2D eigenvalue weighted by molar-refractivity contribution is 5.90. The molecule has 0 aromatic heterocycles. The van der Waals surface area contributed by atoms with Gasteiger partial charge in [0.25, 0.3) is 0 Å². The molecule has 25 heavy (non-hydrogen) atoms. The second-order valence-corrected chi connectivity index (χ2v) is 5.90. The summed E-state index contributed by atoms with van der Waals surface area (Å²) in [5.74, 6) is 0.819. The number of amides is 1. The van der Waals surface area contributed by atoms with E-state index < -0.39 is 5.97 Å². The van der Waals surface area contributed by atoms with Crippen LogP contribution in [0, 0.1) is 0 Å². The molecule has 0 saturated carbocycles. The smallest absolute Gasteiger partial charge is 0.337 e. The minimum atomic E-state index is -0.439. The molecule has 0 atom stereocenters. The van der Waals surface area contributed by atoms with Gasteiger partial charge in [-0.1, -0.05) is 6.07 Å². The van der Waals surface area contributed by atoms with E-state index in [4.69, 9.17) is 15.2 Å². The van der Waals surface area contributed by atoms with Crippen molar-refractivity contribution in [3.63, 3.8) is 0 Å². The lowest BCUT2D eigenvalue weighted by atomic mass is 10.1. The molecule has 2 aromatic rings. The van der Waals surface area contributed by atoms with Crippen molar-refractivity contribution in [3.05, 3.63) is 53.6 Å². The molecule has 2 N–H and O–H groups in total. The average molecular weight is 340 g/mol. The van der Waals surface area contributed by atoms with E-state index in [0.717, 1.165) is 18.5 Å². The Morgan fingerprint density at radius 2 is 1.96 bits per heavy atom. The van der Waals surface area contributed by atoms with Gasteiger partial charge in [0.15, 0.2) is 0 Å². The molecule has 1 saturated heterocycles. The molecule has 1 aliphatic rings. The van der Waals surface area contributed by atoms with Crippen LogP contribution < -0.4 is 10.5 Å². The number of likely N-dealkylation sites (tertiary alicyclic amines) is 1. The van der Waals surface area contributed by atoms with E-state index in [-0.39, 0.29) is 5.91 Å². The molecule has 2 aromatic carbocycles. The highest BCUT2D eigenvalue weighted by Crippen LogP contribution is 2.29. The van der Waals surface area contributed by atoms with Gasteiger partial charge in [-0.3, -0.25) is 4.79 Å². The Morgan fingerprint density at radius 3 is 2.60 bits per heavy atom. The van der Waals surface area contributed by atoms with Crippen molar-refractivity contribution in [2.24, 2.45) is 0 Å². The zero-order valence-electron chi connectivity index (χ0n) is 14.0. The minimum Gasteiger partial charge on any atom is -0.465 e. The second-order valence-electron chi connectivity index (χ2n) is 5.90. The molecular formula is C19H20N2O4. The summed E-state index contributed by atoms with van der Waals surface area (Å²) in [6, 6.07) is 12.1. The number of nitrogens with zero attached hydrogens (tertiary/aromatic N) is 1. The molecule has 0 aliphatic carbocycles. The first-order chi connectivity index (χ1) is 12.1. The third kappa shape index (κ3) is 3.91. The lowest BCUT2D eigenvalue weighted by Crippen LogP contribution is -2.24. The van der Waals surface area contributed by atoms with Crippen molar-refractivity contribution in [1.82, 2.24) is 4.90 Å². The third-order valence-corrected chi connectivity index (χ3v) is 4.13. The van der Waals surface area contributed by atoms with Crippen molar-refractivity contribution < 1.29 is 19.1 Å². The summed E-state index contributed by atoms with van der Waals surface area (Å²) in [4.78, 5) is 25.5. The molecule has 0 spiro atoms. The van der Waals surface area contributed by atoms with Crippen molar-refractivity contribution in [2.45, 2.75) is 19.4 Å². The maximum atomic E-state index is 11.9. The highest BCUT2D eigenvalue weighted by atomic mass is 16.5. The average Bonchev–Trinajstić information content (AvgIpc) is 3.02. The van der Waals surface area contributed by atoms with Crippen LogP contribution in [-0.4, -0.2) is 30.4 Å². The number of ether oxygens (including phenoxy) is 2. The molecule has 3 rings (SSSR count). The molecular weight excluding hydrogens is 320 g/mol. The molecule has 0 bridgehead atoms. The topological polar surface area (TPSA) is 81.9 Å². The summed E-state index contributed by atoms with van der Waals surface area (Å²) < 4.78 is 10.7. The molecule has 1 amide bonds. The molecule has 1 heterocycles. The minimum absolute atomic E-state index is 0.135. The number of hydrogen-bond acceptors (Lipinski definition) is 5. The van der Waals surface area contributed by atoms with Gasteiger partial charge in [0, 0.05) is 30.8 Å². The molecule has 1 fully saturated rings. The Labute approximate surface area is 146 Å². The maximum Gasteiger partial charge on any atom is 0.337 e. The normalized spacial score (nSPS) is 13.8. The predicted octanol–water partition coefficient (Wildman–Crippen LogP) is 2.97. The van der Waals surface area contributed by atoms with Crippen LogP contribution in [0.4, 0.5) is 5.69 Å². The van der Waals surface area contributed by atoms with Crippen molar-refractivity contribution in [1.29, 1.82) is 0 Å². The van der Waals surface area contributed by atoms with E-state index in [1.807, 2.05) is 0 Å². The molecule has 6 nitrogen and oxygen atoms in total. The quantitative estimate of drug-likeness (QED) is 0.668. The number of methoxy groups -OCH3 is 1. The number of rotatable bonds is 5. The zero-order valence-corrected chi connectivity index (χ0v) is 14.0. The lowest BCUT2D eigenvalue weighted by Gasteiger charge is -2.19. The van der Waals surface area contributed by atoms with E-state index >= 15 is 0 Å². The summed E-state index contributed by atoms with van der Waals surface area (Å²) >= 11 is 0. The monoisotopic (exact) mass is 340 g/mol. The van der Waals surface area contributed by atoms with E-state index in [9.17, 15) is 9.59 Å². The van der Waals surface area contributed by atoms with Crippen LogP contribution in [0.15, 0.2) is 42.5 Å². The Hall–Kier alpha value is -3.02. The van der Waals surface area contributed by atoms with Gasteiger partial charge in [0.1, 0.15) is 11.5 Å². The van der Waals surface area contributed by atoms with Crippen LogP contribution in [0.1, 0.15) is 28.8 Å². The van der Waals surface area contributed by atoms with Gasteiger partial charge in [-0.25, -0.2) is 4.79 Å². The van der Waals surface area contributed by atoms with Crippen LogP contribution in [-0.2, 0) is 16.1 Å². The first-order valence-corrected chi connectivity index (χ1v) is 8.09. The third-order valence-electron chi connectivity index (χ3n) is 4.13. The van der Waals surface area contributed by atoms with Gasteiger partial charge < -0.3 is 20.1 Å². The van der Waals surface area contributed by atoms with E-state index in [1.165, 1.54) is 7.11 Å². The molecule has 0 unspecified atom stereocenters. The highest BCUT2D eigenvalue weighted by Gasteiger charge is 2.22. The summed E-state index contributed by atoms with van der Waals surface area (Å²) in [6.45, 7) is 1.18. The number of carbonyl (C=O) groups excluding carboxylic acids is 2. The van der Waals surface area contributed by atoms with Gasteiger partial charge in [0.05, 0.1) is 12.7 Å². The van der Waals surface area contributed by atoms with Crippen LogP contribution in [0.5, 0.6) is 11.5 Å². The Kier molecular flexibility index (Phi) is 4.88. The number of carbonyl (C=O) groups is 2. The summed E-state index contributed by atoms with van der Waals surface area (Å²) in [5.41, 5.74) is 7.56. The maximum absolute atomic E-state index is 11.9. The number of anilines is 1. The first kappa shape index (κ1) is 16.8. The zero-order chi connectivity index (χ0) is 17.8. The van der Waals surface area contributed by atoms with E-state index in [0.29, 0.717) is 35.7 Å². The fraction of sp³-hybridized carbons (Fsp3) is 0.263. The summed E-state index contributed by atoms with van der Waals surface area (Å²) in [6.07, 6.45) is 1.45. The number of nitrogens with two attached hydrogens (primary N) is 1.